The summed E-state index contributed by atoms with van der Waals surface area (Å²) in [7, 11) is 1.32. The average molecular weight is 372 g/mol. The summed E-state index contributed by atoms with van der Waals surface area (Å²) in [6.07, 6.45) is -4.50. The molecule has 0 unspecified atom stereocenters. The van der Waals surface area contributed by atoms with E-state index in [1.165, 1.54) is 7.05 Å². The van der Waals surface area contributed by atoms with Crippen LogP contribution in [0.2, 0.25) is 0 Å². The summed E-state index contributed by atoms with van der Waals surface area (Å²) < 4.78 is 63.9. The number of halogens is 3. The summed E-state index contributed by atoms with van der Waals surface area (Å²) in [5, 5.41) is 0. The van der Waals surface area contributed by atoms with Crippen LogP contribution in [-0.4, -0.2) is 33.9 Å². The van der Waals surface area contributed by atoms with Gasteiger partial charge in [-0.3, -0.25) is 0 Å². The Balaban J connectivity index is 2.18. The molecule has 0 spiro atoms. The zero-order valence-corrected chi connectivity index (χ0v) is 14.9. The average Bonchev–Trinajstić information content (AvgIpc) is 2.54. The van der Waals surface area contributed by atoms with Crippen LogP contribution in [0.4, 0.5) is 18.9 Å². The third-order valence-corrected chi connectivity index (χ3v) is 5.57. The van der Waals surface area contributed by atoms with Gasteiger partial charge in [0.15, 0.2) is 0 Å². The molecule has 4 nitrogen and oxygen atoms in total. The van der Waals surface area contributed by atoms with Crippen molar-refractivity contribution < 1.29 is 21.6 Å². The van der Waals surface area contributed by atoms with Gasteiger partial charge in [-0.1, -0.05) is 12.1 Å². The number of sulfonamides is 1. The Hall–Kier alpha value is -2.06. The van der Waals surface area contributed by atoms with Crippen LogP contribution in [0.25, 0.3) is 0 Å². The summed E-state index contributed by atoms with van der Waals surface area (Å²) in [5.41, 5.74) is 0.883. The molecule has 0 radical (unpaired) electrons. The fourth-order valence-electron chi connectivity index (χ4n) is 2.24. The van der Waals surface area contributed by atoms with E-state index in [1.807, 2.05) is 43.3 Å². The predicted octanol–water partition coefficient (Wildman–Crippen LogP) is 3.59. The first-order valence-electron chi connectivity index (χ1n) is 7.41. The Morgan fingerprint density at radius 2 is 1.40 bits per heavy atom. The van der Waals surface area contributed by atoms with Gasteiger partial charge in [0.25, 0.3) is 0 Å². The minimum absolute atomic E-state index is 0.122. The molecule has 25 heavy (non-hydrogen) atoms. The molecule has 2 rings (SSSR count). The Morgan fingerprint density at radius 3 is 1.84 bits per heavy atom. The summed E-state index contributed by atoms with van der Waals surface area (Å²) in [4.78, 5) is 1.75. The van der Waals surface area contributed by atoms with Crippen molar-refractivity contribution in [2.45, 2.75) is 17.6 Å². The first-order chi connectivity index (χ1) is 11.5. The van der Waals surface area contributed by atoms with Crippen molar-refractivity contribution in [2.75, 3.05) is 26.0 Å². The number of hydrogen-bond acceptors (Lipinski definition) is 3. The molecule has 8 heteroatoms. The highest BCUT2D eigenvalue weighted by Crippen LogP contribution is 2.30. The molecule has 0 N–H and O–H groups in total. The molecule has 0 bridgehead atoms. The Kier molecular flexibility index (Phi) is 5.43. The van der Waals surface area contributed by atoms with Gasteiger partial charge in [-0.05, 0) is 42.0 Å². The van der Waals surface area contributed by atoms with Crippen LogP contribution in [0.3, 0.4) is 0 Å². The van der Waals surface area contributed by atoms with Crippen LogP contribution in [0.1, 0.15) is 11.1 Å². The highest BCUT2D eigenvalue weighted by atomic mass is 32.2. The lowest BCUT2D eigenvalue weighted by Crippen LogP contribution is -2.26. The normalized spacial score (nSPS) is 12.4. The monoisotopic (exact) mass is 372 g/mol. The van der Waals surface area contributed by atoms with Gasteiger partial charge >= 0.3 is 6.18 Å². The summed E-state index contributed by atoms with van der Waals surface area (Å²) in [5.74, 6) is 0. The summed E-state index contributed by atoms with van der Waals surface area (Å²) in [6, 6.07) is 10.9. The van der Waals surface area contributed by atoms with Crippen molar-refractivity contribution in [1.29, 1.82) is 0 Å². The van der Waals surface area contributed by atoms with Crippen molar-refractivity contribution in [3.05, 3.63) is 59.7 Å². The quantitative estimate of drug-likeness (QED) is 0.805. The van der Waals surface area contributed by atoms with E-state index in [4.69, 9.17) is 0 Å². The van der Waals surface area contributed by atoms with Crippen molar-refractivity contribution in [1.82, 2.24) is 4.31 Å². The van der Waals surface area contributed by atoms with E-state index in [2.05, 4.69) is 0 Å². The topological polar surface area (TPSA) is 40.6 Å². The Bertz CT molecular complexity index is 814. The summed E-state index contributed by atoms with van der Waals surface area (Å²) in [6.45, 7) is 0.122. The van der Waals surface area contributed by atoms with E-state index < -0.39 is 21.8 Å². The lowest BCUT2D eigenvalue weighted by molar-refractivity contribution is -0.137. The third kappa shape index (κ3) is 4.52. The van der Waals surface area contributed by atoms with Crippen LogP contribution in [0.5, 0.6) is 0 Å². The SMILES string of the molecule is CN(C)c1ccc(CN(C)S(=O)(=O)c2ccc(C(F)(F)F)cc2)cc1. The van der Waals surface area contributed by atoms with E-state index in [9.17, 15) is 21.6 Å². The van der Waals surface area contributed by atoms with Crippen molar-refractivity contribution in [3.8, 4) is 0 Å². The molecule has 0 saturated carbocycles. The largest absolute Gasteiger partial charge is 0.416 e. The molecule has 2 aromatic rings. The van der Waals surface area contributed by atoms with Gasteiger partial charge in [0, 0.05) is 33.4 Å². The van der Waals surface area contributed by atoms with Crippen LogP contribution in [0, 0.1) is 0 Å². The summed E-state index contributed by atoms with van der Waals surface area (Å²) >= 11 is 0. The van der Waals surface area contributed by atoms with Gasteiger partial charge in [-0.25, -0.2) is 8.42 Å². The number of nitrogens with zero attached hydrogens (tertiary/aromatic N) is 2. The van der Waals surface area contributed by atoms with Crippen LogP contribution in [0.15, 0.2) is 53.4 Å². The van der Waals surface area contributed by atoms with E-state index in [0.717, 1.165) is 39.8 Å². The van der Waals surface area contributed by atoms with Crippen molar-refractivity contribution in [3.63, 3.8) is 0 Å². The number of alkyl halides is 3. The third-order valence-electron chi connectivity index (χ3n) is 3.75. The zero-order valence-electron chi connectivity index (χ0n) is 14.1. The number of hydrogen-bond donors (Lipinski definition) is 0. The smallest absolute Gasteiger partial charge is 0.378 e. The number of rotatable bonds is 5. The molecule has 2 aromatic carbocycles. The fraction of sp³-hybridized carbons (Fsp3) is 0.294. The van der Waals surface area contributed by atoms with Gasteiger partial charge in [-0.15, -0.1) is 0 Å². The molecule has 0 atom stereocenters. The van der Waals surface area contributed by atoms with Gasteiger partial charge in [-0.2, -0.15) is 17.5 Å². The standard InChI is InChI=1S/C17H19F3N2O2S/c1-21(2)15-8-4-13(5-9-15)12-22(3)25(23,24)16-10-6-14(7-11-16)17(18,19)20/h4-11H,12H2,1-3H3. The zero-order chi connectivity index (χ0) is 18.8. The molecule has 0 heterocycles. The predicted molar refractivity (Wildman–Crippen MR) is 90.9 cm³/mol. The first-order valence-corrected chi connectivity index (χ1v) is 8.85. The van der Waals surface area contributed by atoms with Crippen LogP contribution < -0.4 is 4.90 Å². The highest BCUT2D eigenvalue weighted by Gasteiger charge is 2.31. The van der Waals surface area contributed by atoms with E-state index in [1.54, 1.807) is 0 Å². The first kappa shape index (κ1) is 19.3. The molecule has 136 valence electrons. The molecule has 0 aliphatic rings. The highest BCUT2D eigenvalue weighted by molar-refractivity contribution is 7.89. The fourth-order valence-corrected chi connectivity index (χ4v) is 3.40. The van der Waals surface area contributed by atoms with E-state index in [0.29, 0.717) is 0 Å². The lowest BCUT2D eigenvalue weighted by atomic mass is 10.2. The van der Waals surface area contributed by atoms with Gasteiger partial charge in [0.2, 0.25) is 10.0 Å². The Morgan fingerprint density at radius 1 is 0.880 bits per heavy atom. The lowest BCUT2D eigenvalue weighted by Gasteiger charge is -2.19. The second-order valence-corrected chi connectivity index (χ2v) is 7.89. The molecule has 0 aliphatic heterocycles. The van der Waals surface area contributed by atoms with Gasteiger partial charge < -0.3 is 4.90 Å². The molecule has 0 saturated heterocycles. The van der Waals surface area contributed by atoms with E-state index >= 15 is 0 Å². The minimum atomic E-state index is -4.50. The molecule has 0 aromatic heterocycles. The maximum Gasteiger partial charge on any atom is 0.416 e. The second-order valence-electron chi connectivity index (χ2n) is 5.84. The second kappa shape index (κ2) is 7.05. The van der Waals surface area contributed by atoms with Gasteiger partial charge in [0.05, 0.1) is 10.5 Å². The molecule has 0 fully saturated rings. The maximum absolute atomic E-state index is 12.6. The van der Waals surface area contributed by atoms with Crippen LogP contribution >= 0.6 is 0 Å². The van der Waals surface area contributed by atoms with Crippen LogP contribution in [-0.2, 0) is 22.7 Å². The van der Waals surface area contributed by atoms with Crippen molar-refractivity contribution >= 4 is 15.7 Å². The number of benzene rings is 2. The van der Waals surface area contributed by atoms with Crippen molar-refractivity contribution in [2.24, 2.45) is 0 Å². The molecular weight excluding hydrogens is 353 g/mol. The van der Waals surface area contributed by atoms with E-state index in [-0.39, 0.29) is 11.4 Å². The minimum Gasteiger partial charge on any atom is -0.378 e. The Labute approximate surface area is 145 Å². The molecule has 0 aliphatic carbocycles. The molecular formula is C17H19F3N2O2S. The maximum atomic E-state index is 12.6. The molecule has 0 amide bonds. The van der Waals surface area contributed by atoms with Gasteiger partial charge in [0.1, 0.15) is 0 Å². The number of anilines is 1.